The molecule has 0 unspecified atom stereocenters. The second kappa shape index (κ2) is 3.18. The molecule has 13 heavy (non-hydrogen) atoms. The number of hydrogen-bond donors (Lipinski definition) is 2. The molecule has 0 spiro atoms. The Morgan fingerprint density at radius 3 is 3.00 bits per heavy atom. The van der Waals surface area contributed by atoms with Crippen LogP contribution in [-0.2, 0) is 6.54 Å². The number of rotatable bonds is 1. The van der Waals surface area contributed by atoms with Gasteiger partial charge in [-0.2, -0.15) is 0 Å². The Kier molecular flexibility index (Phi) is 2.02. The highest BCUT2D eigenvalue weighted by Crippen LogP contribution is 2.19. The van der Waals surface area contributed by atoms with Gasteiger partial charge in [-0.3, -0.25) is 4.99 Å². The van der Waals surface area contributed by atoms with Crippen LogP contribution in [0, 0.1) is 0 Å². The summed E-state index contributed by atoms with van der Waals surface area (Å²) in [6.45, 7) is 2.67. The van der Waals surface area contributed by atoms with Crippen LogP contribution in [0.1, 0.15) is 12.5 Å². The normalized spacial score (nSPS) is 16.9. The molecule has 0 radical (unpaired) electrons. The zero-order chi connectivity index (χ0) is 9.26. The summed E-state index contributed by atoms with van der Waals surface area (Å²) in [6, 6.07) is 8.13. The number of para-hydroxylation sites is 1. The minimum absolute atomic E-state index is 0.0200. The van der Waals surface area contributed by atoms with E-state index in [-0.39, 0.29) is 6.04 Å². The third-order valence-electron chi connectivity index (χ3n) is 2.13. The molecule has 3 nitrogen and oxygen atoms in total. The first-order valence-corrected chi connectivity index (χ1v) is 4.42. The topological polar surface area (TPSA) is 50.4 Å². The van der Waals surface area contributed by atoms with E-state index < -0.39 is 0 Å². The van der Waals surface area contributed by atoms with E-state index in [1.165, 1.54) is 5.56 Å². The number of nitrogens with two attached hydrogens (primary N) is 1. The number of hydrogen-bond acceptors (Lipinski definition) is 3. The molecule has 0 bridgehead atoms. The molecule has 2 rings (SSSR count). The number of nitrogens with zero attached hydrogens (tertiary/aromatic N) is 1. The van der Waals surface area contributed by atoms with Crippen LogP contribution in [0.25, 0.3) is 0 Å². The van der Waals surface area contributed by atoms with Gasteiger partial charge in [0, 0.05) is 5.69 Å². The molecule has 1 heterocycles. The van der Waals surface area contributed by atoms with Crippen LogP contribution < -0.4 is 11.1 Å². The van der Waals surface area contributed by atoms with E-state index >= 15 is 0 Å². The summed E-state index contributed by atoms with van der Waals surface area (Å²) < 4.78 is 0. The van der Waals surface area contributed by atoms with Crippen molar-refractivity contribution in [1.29, 1.82) is 0 Å². The highest BCUT2D eigenvalue weighted by Gasteiger charge is 2.12. The van der Waals surface area contributed by atoms with Crippen molar-refractivity contribution in [3.05, 3.63) is 29.8 Å². The van der Waals surface area contributed by atoms with Crippen LogP contribution in [0.2, 0.25) is 0 Å². The van der Waals surface area contributed by atoms with Crippen molar-refractivity contribution >= 4 is 11.5 Å². The molecule has 3 heteroatoms. The second-order valence-electron chi connectivity index (χ2n) is 3.27. The number of fused-ring (bicyclic) bond motifs is 1. The third kappa shape index (κ3) is 1.55. The van der Waals surface area contributed by atoms with Gasteiger partial charge >= 0.3 is 0 Å². The standard InChI is InChI=1S/C10H13N3/c1-7(11)10-12-6-8-4-2-3-5-9(8)13-10/h2-5,7H,6,11H2,1H3,(H,12,13)/t7-/m1/s1. The summed E-state index contributed by atoms with van der Waals surface area (Å²) in [5.41, 5.74) is 8.09. The smallest absolute Gasteiger partial charge is 0.118 e. The van der Waals surface area contributed by atoms with Crippen LogP contribution in [0.3, 0.4) is 0 Å². The van der Waals surface area contributed by atoms with Gasteiger partial charge in [-0.05, 0) is 18.6 Å². The fourth-order valence-electron chi connectivity index (χ4n) is 1.39. The fraction of sp³-hybridized carbons (Fsp3) is 0.300. The van der Waals surface area contributed by atoms with Gasteiger partial charge in [0.05, 0.1) is 12.6 Å². The Morgan fingerprint density at radius 1 is 1.46 bits per heavy atom. The molecule has 0 aromatic heterocycles. The first-order chi connectivity index (χ1) is 6.27. The molecule has 1 aliphatic rings. The van der Waals surface area contributed by atoms with Gasteiger partial charge in [0.2, 0.25) is 0 Å². The molecule has 0 aliphatic carbocycles. The lowest BCUT2D eigenvalue weighted by molar-refractivity contribution is 0.926. The van der Waals surface area contributed by atoms with E-state index in [9.17, 15) is 0 Å². The van der Waals surface area contributed by atoms with E-state index in [2.05, 4.69) is 16.4 Å². The monoisotopic (exact) mass is 175 g/mol. The maximum absolute atomic E-state index is 5.73. The Balaban J connectivity index is 2.28. The van der Waals surface area contributed by atoms with Gasteiger partial charge in [0.1, 0.15) is 5.84 Å². The van der Waals surface area contributed by atoms with Crippen LogP contribution >= 0.6 is 0 Å². The minimum atomic E-state index is -0.0200. The zero-order valence-corrected chi connectivity index (χ0v) is 7.62. The molecular formula is C10H13N3. The van der Waals surface area contributed by atoms with Gasteiger partial charge in [0.25, 0.3) is 0 Å². The van der Waals surface area contributed by atoms with Crippen molar-refractivity contribution in [3.8, 4) is 0 Å². The van der Waals surface area contributed by atoms with Crippen LogP contribution in [0.5, 0.6) is 0 Å². The molecule has 1 aliphatic heterocycles. The third-order valence-corrected chi connectivity index (χ3v) is 2.13. The number of benzene rings is 1. The molecule has 0 amide bonds. The summed E-state index contributed by atoms with van der Waals surface area (Å²) in [6.07, 6.45) is 0. The van der Waals surface area contributed by atoms with Crippen molar-refractivity contribution in [2.75, 3.05) is 5.32 Å². The summed E-state index contributed by atoms with van der Waals surface area (Å²) in [7, 11) is 0. The second-order valence-corrected chi connectivity index (χ2v) is 3.27. The SMILES string of the molecule is C[C@@H](N)C1=NCc2ccccc2N1. The van der Waals surface area contributed by atoms with Crippen molar-refractivity contribution < 1.29 is 0 Å². The van der Waals surface area contributed by atoms with Gasteiger partial charge < -0.3 is 11.1 Å². The van der Waals surface area contributed by atoms with E-state index in [0.717, 1.165) is 18.1 Å². The zero-order valence-electron chi connectivity index (χ0n) is 7.62. The lowest BCUT2D eigenvalue weighted by Gasteiger charge is -2.20. The highest BCUT2D eigenvalue weighted by molar-refractivity contribution is 6.00. The summed E-state index contributed by atoms with van der Waals surface area (Å²) >= 11 is 0. The van der Waals surface area contributed by atoms with E-state index in [4.69, 9.17) is 5.73 Å². The van der Waals surface area contributed by atoms with Crippen molar-refractivity contribution in [2.24, 2.45) is 10.7 Å². The Labute approximate surface area is 77.7 Å². The van der Waals surface area contributed by atoms with Crippen molar-refractivity contribution in [2.45, 2.75) is 19.5 Å². The van der Waals surface area contributed by atoms with E-state index in [1.54, 1.807) is 0 Å². The maximum atomic E-state index is 5.73. The molecule has 0 saturated heterocycles. The Hall–Kier alpha value is -1.35. The van der Waals surface area contributed by atoms with Gasteiger partial charge in [0.15, 0.2) is 0 Å². The predicted molar refractivity (Wildman–Crippen MR) is 54.9 cm³/mol. The largest absolute Gasteiger partial charge is 0.342 e. The first kappa shape index (κ1) is 8.26. The average molecular weight is 175 g/mol. The van der Waals surface area contributed by atoms with Crippen LogP contribution in [-0.4, -0.2) is 11.9 Å². The van der Waals surface area contributed by atoms with Gasteiger partial charge in [-0.1, -0.05) is 18.2 Å². The number of aliphatic imine (C=N–C) groups is 1. The summed E-state index contributed by atoms with van der Waals surface area (Å²) in [5, 5.41) is 3.22. The molecule has 1 atom stereocenters. The first-order valence-electron chi connectivity index (χ1n) is 4.42. The lowest BCUT2D eigenvalue weighted by atomic mass is 10.1. The summed E-state index contributed by atoms with van der Waals surface area (Å²) in [5.74, 6) is 0.874. The maximum Gasteiger partial charge on any atom is 0.118 e. The minimum Gasteiger partial charge on any atom is -0.342 e. The highest BCUT2D eigenvalue weighted by atomic mass is 15.1. The van der Waals surface area contributed by atoms with Crippen molar-refractivity contribution in [1.82, 2.24) is 0 Å². The van der Waals surface area contributed by atoms with E-state index in [0.29, 0.717) is 0 Å². The predicted octanol–water partition coefficient (Wildman–Crippen LogP) is 1.36. The number of nitrogens with one attached hydrogen (secondary N) is 1. The van der Waals surface area contributed by atoms with E-state index in [1.807, 2.05) is 25.1 Å². The average Bonchev–Trinajstić information content (AvgIpc) is 2.17. The molecular weight excluding hydrogens is 162 g/mol. The van der Waals surface area contributed by atoms with Crippen molar-refractivity contribution in [3.63, 3.8) is 0 Å². The fourth-order valence-corrected chi connectivity index (χ4v) is 1.39. The molecule has 0 fully saturated rings. The van der Waals surface area contributed by atoms with Gasteiger partial charge in [-0.25, -0.2) is 0 Å². The number of amidine groups is 1. The molecule has 68 valence electrons. The summed E-state index contributed by atoms with van der Waals surface area (Å²) in [4.78, 5) is 4.35. The molecule has 3 N–H and O–H groups in total. The van der Waals surface area contributed by atoms with Gasteiger partial charge in [-0.15, -0.1) is 0 Å². The Bertz CT molecular complexity index is 342. The molecule has 0 saturated carbocycles. The quantitative estimate of drug-likeness (QED) is 0.677. The lowest BCUT2D eigenvalue weighted by Crippen LogP contribution is -2.34. The Morgan fingerprint density at radius 2 is 2.23 bits per heavy atom. The van der Waals surface area contributed by atoms with Crippen LogP contribution in [0.15, 0.2) is 29.3 Å². The number of anilines is 1. The van der Waals surface area contributed by atoms with Crippen LogP contribution in [0.4, 0.5) is 5.69 Å². The molecule has 1 aromatic rings. The molecule has 1 aromatic carbocycles.